The fraction of sp³-hybridized carbons (Fsp3) is 0.636. The van der Waals surface area contributed by atoms with Crippen LogP contribution in [0.15, 0.2) is 15.2 Å². The lowest BCUT2D eigenvalue weighted by Gasteiger charge is -2.37. The highest BCUT2D eigenvalue weighted by atomic mass is 79.9. The smallest absolute Gasteiger partial charge is 0.0317 e. The summed E-state index contributed by atoms with van der Waals surface area (Å²) in [7, 11) is 0. The van der Waals surface area contributed by atoms with E-state index in [4.69, 9.17) is 0 Å². The maximum Gasteiger partial charge on any atom is 0.0317 e. The Balaban J connectivity index is 1.96. The molecule has 2 unspecified atom stereocenters. The summed E-state index contributed by atoms with van der Waals surface area (Å²) in [5.74, 6) is 1.66. The maximum absolute atomic E-state index is 3.63. The minimum atomic E-state index is 0.801. The first-order chi connectivity index (χ1) is 6.83. The van der Waals surface area contributed by atoms with Crippen molar-refractivity contribution in [2.45, 2.75) is 25.7 Å². The topological polar surface area (TPSA) is 12.0 Å². The second-order valence-corrected chi connectivity index (χ2v) is 5.52. The standard InChI is InChI=1S/C11H16BrNS/c1-2-13-5-8-3-4-9(8)10-6-14-7-11(10)12/h6-9,13H,2-5H2,1H3. The summed E-state index contributed by atoms with van der Waals surface area (Å²) in [4.78, 5) is 0. The van der Waals surface area contributed by atoms with Crippen molar-refractivity contribution in [3.8, 4) is 0 Å². The lowest BCUT2D eigenvalue weighted by molar-refractivity contribution is 0.247. The number of thiophene rings is 1. The van der Waals surface area contributed by atoms with Gasteiger partial charge < -0.3 is 5.32 Å². The molecule has 1 aliphatic carbocycles. The van der Waals surface area contributed by atoms with E-state index in [0.717, 1.165) is 18.4 Å². The average molecular weight is 274 g/mol. The van der Waals surface area contributed by atoms with Gasteiger partial charge in [0.15, 0.2) is 0 Å². The number of halogens is 1. The summed E-state index contributed by atoms with van der Waals surface area (Å²) in [6, 6.07) is 0. The van der Waals surface area contributed by atoms with Crippen molar-refractivity contribution >= 4 is 27.3 Å². The van der Waals surface area contributed by atoms with E-state index < -0.39 is 0 Å². The van der Waals surface area contributed by atoms with E-state index in [-0.39, 0.29) is 0 Å². The first-order valence-corrected chi connectivity index (χ1v) is 6.98. The van der Waals surface area contributed by atoms with Gasteiger partial charge in [-0.15, -0.1) is 0 Å². The summed E-state index contributed by atoms with van der Waals surface area (Å²) >= 11 is 5.43. The molecule has 0 radical (unpaired) electrons. The Bertz CT molecular complexity index is 297. The van der Waals surface area contributed by atoms with E-state index in [1.807, 2.05) is 0 Å². The molecule has 3 heteroatoms. The predicted octanol–water partition coefficient (Wildman–Crippen LogP) is 3.61. The van der Waals surface area contributed by atoms with Crippen LogP contribution in [0.2, 0.25) is 0 Å². The molecule has 1 aliphatic rings. The van der Waals surface area contributed by atoms with Crippen LogP contribution >= 0.6 is 27.3 Å². The molecule has 0 spiro atoms. The van der Waals surface area contributed by atoms with Crippen molar-refractivity contribution in [2.24, 2.45) is 5.92 Å². The zero-order valence-electron chi connectivity index (χ0n) is 8.42. The quantitative estimate of drug-likeness (QED) is 0.884. The third-order valence-electron chi connectivity index (χ3n) is 3.12. The molecule has 0 saturated heterocycles. The number of hydrogen-bond acceptors (Lipinski definition) is 2. The summed E-state index contributed by atoms with van der Waals surface area (Å²) in [5.41, 5.74) is 1.53. The fourth-order valence-electron chi connectivity index (χ4n) is 2.11. The van der Waals surface area contributed by atoms with E-state index in [9.17, 15) is 0 Å². The Morgan fingerprint density at radius 3 is 2.86 bits per heavy atom. The van der Waals surface area contributed by atoms with Gasteiger partial charge in [0.1, 0.15) is 0 Å². The lowest BCUT2D eigenvalue weighted by Crippen LogP contribution is -2.33. The van der Waals surface area contributed by atoms with Crippen molar-refractivity contribution < 1.29 is 0 Å². The third kappa shape index (κ3) is 2.05. The van der Waals surface area contributed by atoms with Crippen LogP contribution in [0.1, 0.15) is 31.2 Å². The maximum atomic E-state index is 3.63. The van der Waals surface area contributed by atoms with Gasteiger partial charge in [0.25, 0.3) is 0 Å². The molecule has 2 atom stereocenters. The second kappa shape index (κ2) is 4.77. The van der Waals surface area contributed by atoms with Gasteiger partial charge in [-0.2, -0.15) is 11.3 Å². The van der Waals surface area contributed by atoms with Crippen molar-refractivity contribution in [1.29, 1.82) is 0 Å². The SMILES string of the molecule is CCNCC1CCC1c1cscc1Br. The van der Waals surface area contributed by atoms with Crippen LogP contribution in [0, 0.1) is 5.92 Å². The molecule has 1 N–H and O–H groups in total. The fourth-order valence-corrected chi connectivity index (χ4v) is 3.76. The Hall–Kier alpha value is 0.140. The Kier molecular flexibility index (Phi) is 3.63. The minimum Gasteiger partial charge on any atom is -0.317 e. The van der Waals surface area contributed by atoms with E-state index in [1.54, 1.807) is 11.3 Å². The highest BCUT2D eigenvalue weighted by molar-refractivity contribution is 9.10. The van der Waals surface area contributed by atoms with Crippen molar-refractivity contribution in [3.63, 3.8) is 0 Å². The monoisotopic (exact) mass is 273 g/mol. The van der Waals surface area contributed by atoms with Crippen LogP contribution in [0.3, 0.4) is 0 Å². The predicted molar refractivity (Wildman–Crippen MR) is 66.0 cm³/mol. The first-order valence-electron chi connectivity index (χ1n) is 5.25. The van der Waals surface area contributed by atoms with Gasteiger partial charge in [-0.1, -0.05) is 6.92 Å². The highest BCUT2D eigenvalue weighted by Gasteiger charge is 2.32. The minimum absolute atomic E-state index is 0.801. The molecule has 1 saturated carbocycles. The van der Waals surface area contributed by atoms with Gasteiger partial charge in [0, 0.05) is 9.85 Å². The molecule has 1 aromatic heterocycles. The molecule has 78 valence electrons. The molecular formula is C11H16BrNS. The summed E-state index contributed by atoms with van der Waals surface area (Å²) in [5, 5.41) is 7.94. The van der Waals surface area contributed by atoms with Gasteiger partial charge in [-0.25, -0.2) is 0 Å². The van der Waals surface area contributed by atoms with Gasteiger partial charge in [-0.3, -0.25) is 0 Å². The molecule has 1 nitrogen and oxygen atoms in total. The van der Waals surface area contributed by atoms with E-state index in [2.05, 4.69) is 38.9 Å². The van der Waals surface area contributed by atoms with Crippen molar-refractivity contribution in [1.82, 2.24) is 5.32 Å². The third-order valence-corrected chi connectivity index (χ3v) is 4.87. The normalized spacial score (nSPS) is 26.1. The Morgan fingerprint density at radius 2 is 2.36 bits per heavy atom. The molecule has 1 heterocycles. The molecule has 2 rings (SSSR count). The van der Waals surface area contributed by atoms with Gasteiger partial charge in [-0.05, 0) is 64.6 Å². The molecule has 1 fully saturated rings. The van der Waals surface area contributed by atoms with E-state index in [0.29, 0.717) is 0 Å². The Morgan fingerprint density at radius 1 is 1.50 bits per heavy atom. The zero-order valence-corrected chi connectivity index (χ0v) is 10.8. The van der Waals surface area contributed by atoms with Crippen LogP contribution in [0.4, 0.5) is 0 Å². The molecular weight excluding hydrogens is 258 g/mol. The van der Waals surface area contributed by atoms with Crippen LogP contribution in [-0.2, 0) is 0 Å². The molecule has 0 aromatic carbocycles. The second-order valence-electron chi connectivity index (χ2n) is 3.93. The summed E-state index contributed by atoms with van der Waals surface area (Å²) in [6.07, 6.45) is 2.76. The van der Waals surface area contributed by atoms with Gasteiger partial charge in [0.05, 0.1) is 0 Å². The zero-order chi connectivity index (χ0) is 9.97. The van der Waals surface area contributed by atoms with Crippen LogP contribution in [0.25, 0.3) is 0 Å². The molecule has 0 bridgehead atoms. The number of nitrogens with one attached hydrogen (secondary N) is 1. The molecule has 0 amide bonds. The summed E-state index contributed by atoms with van der Waals surface area (Å²) < 4.78 is 1.31. The number of rotatable bonds is 4. The van der Waals surface area contributed by atoms with E-state index >= 15 is 0 Å². The van der Waals surface area contributed by atoms with Crippen molar-refractivity contribution in [3.05, 3.63) is 20.8 Å². The number of hydrogen-bond donors (Lipinski definition) is 1. The molecule has 0 aliphatic heterocycles. The van der Waals surface area contributed by atoms with Crippen LogP contribution in [0.5, 0.6) is 0 Å². The summed E-state index contributed by atoms with van der Waals surface area (Å²) in [6.45, 7) is 4.45. The van der Waals surface area contributed by atoms with Gasteiger partial charge in [0.2, 0.25) is 0 Å². The van der Waals surface area contributed by atoms with E-state index in [1.165, 1.54) is 29.4 Å². The first kappa shape index (κ1) is 10.7. The Labute approximate surface area is 98.0 Å². The van der Waals surface area contributed by atoms with Crippen LogP contribution < -0.4 is 5.32 Å². The lowest BCUT2D eigenvalue weighted by atomic mass is 9.70. The molecule has 1 aromatic rings. The van der Waals surface area contributed by atoms with Crippen LogP contribution in [-0.4, -0.2) is 13.1 Å². The van der Waals surface area contributed by atoms with Crippen molar-refractivity contribution in [2.75, 3.05) is 13.1 Å². The van der Waals surface area contributed by atoms with Gasteiger partial charge >= 0.3 is 0 Å². The average Bonchev–Trinajstić information content (AvgIpc) is 2.51. The molecule has 14 heavy (non-hydrogen) atoms. The highest BCUT2D eigenvalue weighted by Crippen LogP contribution is 2.45. The largest absolute Gasteiger partial charge is 0.317 e.